The fourth-order valence-electron chi connectivity index (χ4n) is 3.41. The molecule has 2 aromatic carbocycles. The molecule has 0 radical (unpaired) electrons. The first-order valence-electron chi connectivity index (χ1n) is 8.58. The van der Waals surface area contributed by atoms with Crippen LogP contribution in [-0.2, 0) is 12.8 Å². The molecule has 1 aliphatic carbocycles. The molecule has 1 atom stereocenters. The number of rotatable bonds is 5. The van der Waals surface area contributed by atoms with Gasteiger partial charge in [-0.05, 0) is 75.1 Å². The lowest BCUT2D eigenvalue weighted by atomic mass is 9.80. The van der Waals surface area contributed by atoms with E-state index >= 15 is 0 Å². The Morgan fingerprint density at radius 1 is 1.08 bits per heavy atom. The Bertz CT molecular complexity index is 721. The monoisotopic (exact) mass is 385 g/mol. The van der Waals surface area contributed by atoms with Crippen LogP contribution < -0.4 is 0 Å². The van der Waals surface area contributed by atoms with Crippen LogP contribution in [0.5, 0.6) is 0 Å². The van der Waals surface area contributed by atoms with Crippen LogP contribution >= 0.6 is 15.9 Å². The number of nitrogens with zero attached hydrogens (tertiary/aromatic N) is 1. The van der Waals surface area contributed by atoms with E-state index in [0.29, 0.717) is 5.78 Å². The predicted molar refractivity (Wildman–Crippen MR) is 103 cm³/mol. The van der Waals surface area contributed by atoms with Crippen molar-refractivity contribution in [3.05, 3.63) is 69.2 Å². The Balaban J connectivity index is 1.73. The van der Waals surface area contributed by atoms with E-state index in [9.17, 15) is 4.79 Å². The molecule has 0 amide bonds. The summed E-state index contributed by atoms with van der Waals surface area (Å²) in [5, 5.41) is 0. The lowest BCUT2D eigenvalue weighted by Crippen LogP contribution is -2.26. The number of fused-ring (bicyclic) bond motifs is 1. The van der Waals surface area contributed by atoms with Crippen molar-refractivity contribution in [2.45, 2.75) is 25.7 Å². The number of ketones is 1. The van der Waals surface area contributed by atoms with Gasteiger partial charge < -0.3 is 4.90 Å². The summed E-state index contributed by atoms with van der Waals surface area (Å²) in [7, 11) is 4.13. The zero-order valence-corrected chi connectivity index (χ0v) is 16.0. The Kier molecular flexibility index (Phi) is 5.52. The molecule has 24 heavy (non-hydrogen) atoms. The maximum Gasteiger partial charge on any atom is 0.166 e. The molecule has 1 unspecified atom stereocenters. The van der Waals surface area contributed by atoms with E-state index in [1.807, 2.05) is 6.07 Å². The normalized spacial score (nSPS) is 17.2. The minimum absolute atomic E-state index is 0.192. The Labute approximate surface area is 153 Å². The summed E-state index contributed by atoms with van der Waals surface area (Å²) < 4.78 is 1.10. The van der Waals surface area contributed by atoms with Crippen LogP contribution in [0, 0.1) is 5.92 Å². The van der Waals surface area contributed by atoms with Gasteiger partial charge in [0, 0.05) is 16.0 Å². The van der Waals surface area contributed by atoms with Gasteiger partial charge in [-0.1, -0.05) is 46.3 Å². The third kappa shape index (κ3) is 4.14. The lowest BCUT2D eigenvalue weighted by molar-refractivity contribution is 0.0888. The highest BCUT2D eigenvalue weighted by molar-refractivity contribution is 9.10. The molecule has 2 aromatic rings. The molecule has 126 valence electrons. The van der Waals surface area contributed by atoms with E-state index in [1.165, 1.54) is 16.7 Å². The minimum atomic E-state index is 0.192. The quantitative estimate of drug-likeness (QED) is 0.740. The van der Waals surface area contributed by atoms with Gasteiger partial charge in [-0.15, -0.1) is 0 Å². The second kappa shape index (κ2) is 7.62. The number of Topliss-reactive ketones (excluding diaryl/α,β-unsaturated/α-hetero) is 1. The lowest BCUT2D eigenvalue weighted by Gasteiger charge is -2.25. The summed E-state index contributed by atoms with van der Waals surface area (Å²) in [6, 6.07) is 14.8. The summed E-state index contributed by atoms with van der Waals surface area (Å²) in [4.78, 5) is 14.9. The number of hydrogen-bond donors (Lipinski definition) is 0. The third-order valence-electron chi connectivity index (χ3n) is 4.81. The van der Waals surface area contributed by atoms with Crippen LogP contribution in [-0.4, -0.2) is 31.3 Å². The van der Waals surface area contributed by atoms with Gasteiger partial charge in [0.15, 0.2) is 5.78 Å². The standard InChI is InChI=1S/C21H24BrNO/c1-23(2)12-11-17-6-7-18-14-16(5-10-20(18)21(17)24)13-15-3-8-19(22)9-4-15/h3-5,8-10,14,17H,6-7,11-13H2,1-2H3. The fourth-order valence-corrected chi connectivity index (χ4v) is 3.68. The average Bonchev–Trinajstić information content (AvgIpc) is 2.56. The molecule has 0 saturated carbocycles. The largest absolute Gasteiger partial charge is 0.309 e. The molecule has 0 fully saturated rings. The molecule has 3 heteroatoms. The summed E-state index contributed by atoms with van der Waals surface area (Å²) >= 11 is 3.47. The highest BCUT2D eigenvalue weighted by Crippen LogP contribution is 2.29. The Morgan fingerprint density at radius 3 is 2.50 bits per heavy atom. The maximum atomic E-state index is 12.7. The van der Waals surface area contributed by atoms with Gasteiger partial charge in [-0.3, -0.25) is 4.79 Å². The second-order valence-corrected chi connectivity index (χ2v) is 7.90. The number of carbonyl (C=O) groups excluding carboxylic acids is 1. The first kappa shape index (κ1) is 17.4. The van der Waals surface area contributed by atoms with Crippen molar-refractivity contribution in [2.24, 2.45) is 5.92 Å². The van der Waals surface area contributed by atoms with Gasteiger partial charge in [-0.2, -0.15) is 0 Å². The van der Waals surface area contributed by atoms with Crippen LogP contribution in [0.2, 0.25) is 0 Å². The van der Waals surface area contributed by atoms with E-state index in [4.69, 9.17) is 0 Å². The number of hydrogen-bond acceptors (Lipinski definition) is 2. The zero-order valence-electron chi connectivity index (χ0n) is 14.4. The average molecular weight is 386 g/mol. The van der Waals surface area contributed by atoms with Crippen LogP contribution in [0.4, 0.5) is 0 Å². The van der Waals surface area contributed by atoms with Gasteiger partial charge in [0.2, 0.25) is 0 Å². The molecule has 0 bridgehead atoms. The zero-order chi connectivity index (χ0) is 17.1. The Hall–Kier alpha value is -1.45. The van der Waals surface area contributed by atoms with Crippen molar-refractivity contribution < 1.29 is 4.79 Å². The highest BCUT2D eigenvalue weighted by Gasteiger charge is 2.27. The van der Waals surface area contributed by atoms with Crippen LogP contribution in [0.1, 0.15) is 39.9 Å². The molecule has 0 spiro atoms. The number of carbonyl (C=O) groups is 1. The first-order chi connectivity index (χ1) is 11.5. The van der Waals surface area contributed by atoms with Gasteiger partial charge in [0.1, 0.15) is 0 Å². The summed E-state index contributed by atoms with van der Waals surface area (Å²) in [5.41, 5.74) is 4.76. The first-order valence-corrected chi connectivity index (χ1v) is 9.37. The van der Waals surface area contributed by atoms with E-state index < -0.39 is 0 Å². The fraction of sp³-hybridized carbons (Fsp3) is 0.381. The van der Waals surface area contributed by atoms with Crippen LogP contribution in [0.25, 0.3) is 0 Å². The van der Waals surface area contributed by atoms with Crippen molar-refractivity contribution in [1.82, 2.24) is 4.90 Å². The van der Waals surface area contributed by atoms with Crippen LogP contribution in [0.15, 0.2) is 46.9 Å². The third-order valence-corrected chi connectivity index (χ3v) is 5.34. The molecule has 0 N–H and O–H groups in total. The smallest absolute Gasteiger partial charge is 0.166 e. The molecule has 0 aromatic heterocycles. The maximum absolute atomic E-state index is 12.7. The van der Waals surface area contributed by atoms with E-state index in [2.05, 4.69) is 71.3 Å². The molecular weight excluding hydrogens is 362 g/mol. The van der Waals surface area contributed by atoms with Crippen molar-refractivity contribution in [1.29, 1.82) is 0 Å². The highest BCUT2D eigenvalue weighted by atomic mass is 79.9. The van der Waals surface area contributed by atoms with Gasteiger partial charge in [-0.25, -0.2) is 0 Å². The topological polar surface area (TPSA) is 20.3 Å². The van der Waals surface area contributed by atoms with Crippen LogP contribution in [0.3, 0.4) is 0 Å². The SMILES string of the molecule is CN(C)CCC1CCc2cc(Cc3ccc(Br)cc3)ccc2C1=O. The van der Waals surface area contributed by atoms with Gasteiger partial charge in [0.05, 0.1) is 0 Å². The molecule has 3 rings (SSSR count). The second-order valence-electron chi connectivity index (χ2n) is 6.99. The van der Waals surface area contributed by atoms with Gasteiger partial charge >= 0.3 is 0 Å². The number of halogens is 1. The summed E-state index contributed by atoms with van der Waals surface area (Å²) in [5.74, 6) is 0.533. The molecule has 0 saturated heterocycles. The van der Waals surface area contributed by atoms with E-state index in [-0.39, 0.29) is 5.92 Å². The van der Waals surface area contributed by atoms with Crippen molar-refractivity contribution in [2.75, 3.05) is 20.6 Å². The van der Waals surface area contributed by atoms with Crippen molar-refractivity contribution in [3.63, 3.8) is 0 Å². The summed E-state index contributed by atoms with van der Waals surface area (Å²) in [6.45, 7) is 0.980. The Morgan fingerprint density at radius 2 is 1.79 bits per heavy atom. The predicted octanol–water partition coefficient (Wildman–Crippen LogP) is 4.74. The van der Waals surface area contributed by atoms with E-state index in [0.717, 1.165) is 42.3 Å². The minimum Gasteiger partial charge on any atom is -0.309 e. The van der Waals surface area contributed by atoms with Crippen molar-refractivity contribution >= 4 is 21.7 Å². The number of benzene rings is 2. The molecular formula is C21H24BrNO. The molecule has 0 heterocycles. The molecule has 0 aliphatic heterocycles. The van der Waals surface area contributed by atoms with Crippen molar-refractivity contribution in [3.8, 4) is 0 Å². The summed E-state index contributed by atoms with van der Waals surface area (Å²) in [6.07, 6.45) is 3.89. The number of aryl methyl sites for hydroxylation is 1. The van der Waals surface area contributed by atoms with Gasteiger partial charge in [0.25, 0.3) is 0 Å². The molecule has 1 aliphatic rings. The van der Waals surface area contributed by atoms with E-state index in [1.54, 1.807) is 0 Å². The molecule has 2 nitrogen and oxygen atoms in total.